The lowest BCUT2D eigenvalue weighted by molar-refractivity contribution is 0.769. The Labute approximate surface area is 308 Å². The zero-order chi connectivity index (χ0) is 35.4. The molecule has 0 N–H and O–H groups in total. The molecule has 0 saturated carbocycles. The van der Waals surface area contributed by atoms with E-state index in [1.54, 1.807) is 0 Å². The van der Waals surface area contributed by atoms with Crippen LogP contribution in [0.3, 0.4) is 0 Å². The van der Waals surface area contributed by atoms with Crippen molar-refractivity contribution in [2.75, 3.05) is 0 Å². The van der Waals surface area contributed by atoms with Crippen LogP contribution in [0.4, 0.5) is 0 Å². The molecule has 2 aromatic heterocycles. The molecule has 0 saturated heterocycles. The van der Waals surface area contributed by atoms with Crippen molar-refractivity contribution in [3.8, 4) is 50.7 Å². The topological polar surface area (TPSA) is 49.6 Å². The average Bonchev–Trinajstić information content (AvgIpc) is 3.54. The number of aromatic nitrogens is 2. The molecule has 1 aliphatic carbocycles. The van der Waals surface area contributed by atoms with E-state index in [-0.39, 0.29) is 0 Å². The second kappa shape index (κ2) is 12.3. The quantitative estimate of drug-likeness (QED) is 0.171. The van der Waals surface area contributed by atoms with Gasteiger partial charge < -0.3 is 0 Å². The first-order valence-electron chi connectivity index (χ1n) is 17.9. The van der Waals surface area contributed by atoms with Crippen LogP contribution in [0.1, 0.15) is 27.8 Å². The maximum absolute atomic E-state index is 9.34. The van der Waals surface area contributed by atoms with E-state index in [1.165, 1.54) is 33.4 Å². The number of pyridine rings is 2. The van der Waals surface area contributed by atoms with E-state index in [1.807, 2.05) is 36.5 Å². The summed E-state index contributed by atoms with van der Waals surface area (Å²) in [5.74, 6) is 0. The van der Waals surface area contributed by atoms with Crippen LogP contribution in [-0.2, 0) is 5.41 Å². The fourth-order valence-corrected chi connectivity index (χ4v) is 8.39. The largest absolute Gasteiger partial charge is 0.254 e. The molecule has 2 heterocycles. The minimum atomic E-state index is -0.527. The highest BCUT2D eigenvalue weighted by atomic mass is 14.8. The molecule has 0 unspecified atom stereocenters. The number of nitrogens with zero attached hydrogens (tertiary/aromatic N) is 3. The Morgan fingerprint density at radius 3 is 1.74 bits per heavy atom. The van der Waals surface area contributed by atoms with Gasteiger partial charge in [-0.3, -0.25) is 4.98 Å². The summed E-state index contributed by atoms with van der Waals surface area (Å²) in [6, 6.07) is 66.9. The fraction of sp³-hybridized carbons (Fsp3) is 0.0200. The Morgan fingerprint density at radius 1 is 0.434 bits per heavy atom. The zero-order valence-electron chi connectivity index (χ0n) is 28.7. The van der Waals surface area contributed by atoms with Crippen molar-refractivity contribution >= 4 is 21.8 Å². The summed E-state index contributed by atoms with van der Waals surface area (Å²) < 4.78 is 0. The molecule has 10 rings (SSSR count). The van der Waals surface area contributed by atoms with Crippen molar-refractivity contribution in [2.45, 2.75) is 5.41 Å². The highest BCUT2D eigenvalue weighted by Crippen LogP contribution is 2.58. The first-order chi connectivity index (χ1) is 26.2. The third kappa shape index (κ3) is 4.81. The Morgan fingerprint density at radius 2 is 1.04 bits per heavy atom. The third-order valence-electron chi connectivity index (χ3n) is 10.8. The Bertz CT molecular complexity index is 2830. The van der Waals surface area contributed by atoms with Crippen LogP contribution in [0.2, 0.25) is 0 Å². The summed E-state index contributed by atoms with van der Waals surface area (Å²) >= 11 is 0. The van der Waals surface area contributed by atoms with Crippen LogP contribution < -0.4 is 0 Å². The van der Waals surface area contributed by atoms with Crippen LogP contribution in [0.15, 0.2) is 188 Å². The first-order valence-corrected chi connectivity index (χ1v) is 17.9. The highest BCUT2D eigenvalue weighted by molar-refractivity contribution is 6.04. The van der Waals surface area contributed by atoms with Crippen molar-refractivity contribution in [1.29, 1.82) is 5.26 Å². The molecule has 1 aliphatic rings. The maximum atomic E-state index is 9.34. The molecule has 3 heteroatoms. The van der Waals surface area contributed by atoms with Crippen LogP contribution in [0, 0.1) is 11.3 Å². The van der Waals surface area contributed by atoms with Gasteiger partial charge in [-0.25, -0.2) is 4.98 Å². The molecule has 0 radical (unpaired) electrons. The number of fused-ring (bicyclic) bond motifs is 6. The van der Waals surface area contributed by atoms with Crippen LogP contribution in [-0.4, -0.2) is 9.97 Å². The van der Waals surface area contributed by atoms with E-state index >= 15 is 0 Å². The lowest BCUT2D eigenvalue weighted by Gasteiger charge is -2.34. The second-order valence-corrected chi connectivity index (χ2v) is 13.6. The maximum Gasteiger partial charge on any atom is 0.0991 e. The van der Waals surface area contributed by atoms with E-state index in [0.717, 1.165) is 55.3 Å². The molecule has 3 nitrogen and oxygen atoms in total. The summed E-state index contributed by atoms with van der Waals surface area (Å²) in [6.07, 6.45) is 1.84. The normalized spacial score (nSPS) is 12.7. The Balaban J connectivity index is 1.27. The fourth-order valence-electron chi connectivity index (χ4n) is 8.39. The molecule has 0 spiro atoms. The standard InChI is InChI=1S/C50H31N3/c51-32-33-17-19-34(20-18-33)35-21-23-36(24-22-35)42-31-46-43(30-44(42)47-28-27-38-26-25-37-10-9-29-52-48(37)49(38)53-47)41-15-7-8-16-45(41)50(46,39-11-3-1-4-12-39)40-13-5-2-6-14-40/h1-31H. The summed E-state index contributed by atoms with van der Waals surface area (Å²) in [5.41, 5.74) is 15.7. The van der Waals surface area contributed by atoms with Crippen LogP contribution in [0.25, 0.3) is 66.4 Å². The Kier molecular flexibility index (Phi) is 7.09. The number of rotatable bonds is 5. The molecular formula is C50H31N3. The predicted molar refractivity (Wildman–Crippen MR) is 215 cm³/mol. The van der Waals surface area contributed by atoms with E-state index in [2.05, 4.69) is 158 Å². The molecule has 0 amide bonds. The summed E-state index contributed by atoms with van der Waals surface area (Å²) in [5, 5.41) is 11.5. The van der Waals surface area contributed by atoms with Gasteiger partial charge in [0.1, 0.15) is 0 Å². The van der Waals surface area contributed by atoms with E-state index < -0.39 is 5.41 Å². The van der Waals surface area contributed by atoms with Crippen LogP contribution in [0.5, 0.6) is 0 Å². The van der Waals surface area contributed by atoms with Gasteiger partial charge in [-0.2, -0.15) is 5.26 Å². The van der Waals surface area contributed by atoms with Gasteiger partial charge in [0.2, 0.25) is 0 Å². The van der Waals surface area contributed by atoms with Gasteiger partial charge in [-0.05, 0) is 92.0 Å². The van der Waals surface area contributed by atoms with Crippen molar-refractivity contribution < 1.29 is 0 Å². The van der Waals surface area contributed by atoms with Crippen molar-refractivity contribution in [3.05, 3.63) is 216 Å². The zero-order valence-corrected chi connectivity index (χ0v) is 28.7. The molecule has 9 aromatic rings. The second-order valence-electron chi connectivity index (χ2n) is 13.6. The van der Waals surface area contributed by atoms with Gasteiger partial charge in [0, 0.05) is 22.5 Å². The van der Waals surface area contributed by atoms with Gasteiger partial charge in [0.05, 0.1) is 33.8 Å². The third-order valence-corrected chi connectivity index (χ3v) is 10.8. The van der Waals surface area contributed by atoms with Gasteiger partial charge in [-0.15, -0.1) is 0 Å². The lowest BCUT2D eigenvalue weighted by atomic mass is 9.67. The van der Waals surface area contributed by atoms with Gasteiger partial charge in [0.15, 0.2) is 0 Å². The number of hydrogen-bond donors (Lipinski definition) is 0. The lowest BCUT2D eigenvalue weighted by Crippen LogP contribution is -2.28. The van der Waals surface area contributed by atoms with Crippen LogP contribution >= 0.6 is 0 Å². The molecule has 0 bridgehead atoms. The predicted octanol–water partition coefficient (Wildman–Crippen LogP) is 12.0. The van der Waals surface area contributed by atoms with Gasteiger partial charge >= 0.3 is 0 Å². The first kappa shape index (κ1) is 30.7. The minimum absolute atomic E-state index is 0.527. The van der Waals surface area contributed by atoms with E-state index in [4.69, 9.17) is 9.97 Å². The van der Waals surface area contributed by atoms with Crippen molar-refractivity contribution in [3.63, 3.8) is 0 Å². The van der Waals surface area contributed by atoms with Gasteiger partial charge in [0.25, 0.3) is 0 Å². The summed E-state index contributed by atoms with van der Waals surface area (Å²) in [6.45, 7) is 0. The summed E-state index contributed by atoms with van der Waals surface area (Å²) in [7, 11) is 0. The number of nitriles is 1. The molecule has 7 aromatic carbocycles. The summed E-state index contributed by atoms with van der Waals surface area (Å²) in [4.78, 5) is 10.2. The molecule has 53 heavy (non-hydrogen) atoms. The van der Waals surface area contributed by atoms with Crippen molar-refractivity contribution in [2.24, 2.45) is 0 Å². The van der Waals surface area contributed by atoms with E-state index in [0.29, 0.717) is 5.56 Å². The molecule has 0 atom stereocenters. The van der Waals surface area contributed by atoms with E-state index in [9.17, 15) is 5.26 Å². The number of hydrogen-bond acceptors (Lipinski definition) is 3. The van der Waals surface area contributed by atoms with Gasteiger partial charge in [-0.1, -0.05) is 146 Å². The smallest absolute Gasteiger partial charge is 0.0991 e. The SMILES string of the molecule is N#Cc1ccc(-c2ccc(-c3cc4c(cc3-c3ccc5ccc6cccnc6c5n3)-c3ccccc3C4(c3ccccc3)c3ccccc3)cc2)cc1. The molecule has 0 aliphatic heterocycles. The average molecular weight is 674 g/mol. The monoisotopic (exact) mass is 673 g/mol. The Hall–Kier alpha value is -7.15. The highest BCUT2D eigenvalue weighted by Gasteiger charge is 2.46. The molecule has 0 fully saturated rings. The van der Waals surface area contributed by atoms with Crippen molar-refractivity contribution in [1.82, 2.24) is 9.97 Å². The number of benzene rings is 7. The molecular weight excluding hydrogens is 643 g/mol. The molecule has 246 valence electrons. The minimum Gasteiger partial charge on any atom is -0.254 e.